The summed E-state index contributed by atoms with van der Waals surface area (Å²) in [5, 5.41) is 13.5. The van der Waals surface area contributed by atoms with E-state index in [0.717, 1.165) is 16.8 Å². The Morgan fingerprint density at radius 3 is 2.58 bits per heavy atom. The number of aliphatic hydroxyl groups excluding tert-OH is 1. The van der Waals surface area contributed by atoms with Crippen molar-refractivity contribution in [2.75, 3.05) is 12.4 Å². The summed E-state index contributed by atoms with van der Waals surface area (Å²) in [5.41, 5.74) is -1.49. The van der Waals surface area contributed by atoms with Gasteiger partial charge in [-0.25, -0.2) is 13.8 Å². The number of para-hydroxylation sites is 1. The van der Waals surface area contributed by atoms with Gasteiger partial charge in [-0.05, 0) is 45.1 Å². The van der Waals surface area contributed by atoms with E-state index in [1.54, 1.807) is 32.0 Å². The largest absolute Gasteiger partial charge is 0.462 e. The van der Waals surface area contributed by atoms with E-state index in [9.17, 15) is 24.1 Å². The molecule has 3 heterocycles. The van der Waals surface area contributed by atoms with Crippen LogP contribution in [-0.4, -0.2) is 61.8 Å². The van der Waals surface area contributed by atoms with Crippen molar-refractivity contribution in [1.29, 1.82) is 0 Å². The molecule has 2 unspecified atom stereocenters. The van der Waals surface area contributed by atoms with Gasteiger partial charge in [-0.15, -0.1) is 11.8 Å². The highest BCUT2D eigenvalue weighted by Crippen LogP contribution is 2.60. The molecule has 3 N–H and O–H groups in total. The van der Waals surface area contributed by atoms with Crippen LogP contribution in [0.5, 0.6) is 5.75 Å². The second-order valence-corrected chi connectivity index (χ2v) is 12.4. The van der Waals surface area contributed by atoms with Crippen LogP contribution < -0.4 is 20.9 Å². The van der Waals surface area contributed by atoms with Crippen LogP contribution in [0.4, 0.5) is 4.39 Å². The lowest BCUT2D eigenvalue weighted by molar-refractivity contribution is -0.204. The van der Waals surface area contributed by atoms with Gasteiger partial charge in [-0.3, -0.25) is 23.7 Å². The first-order valence-corrected chi connectivity index (χ1v) is 14.4. The fourth-order valence-electron chi connectivity index (χ4n) is 4.12. The van der Waals surface area contributed by atoms with Crippen LogP contribution in [0.3, 0.4) is 0 Å². The van der Waals surface area contributed by atoms with Crippen LogP contribution in [-0.2, 0) is 23.4 Å². The topological polar surface area (TPSA) is 158 Å². The molecule has 0 saturated carbocycles. The summed E-state index contributed by atoms with van der Waals surface area (Å²) in [4.78, 5) is 38.3. The van der Waals surface area contributed by atoms with E-state index in [-0.39, 0.29) is 5.75 Å². The number of carbonyl (C=O) groups is 1. The quantitative estimate of drug-likeness (QED) is 0.282. The number of hydrogen-bond acceptors (Lipinski definition) is 10. The number of halogens is 1. The Morgan fingerprint density at radius 2 is 2.00 bits per heavy atom. The number of rotatable bonds is 10. The van der Waals surface area contributed by atoms with E-state index in [1.807, 2.05) is 0 Å². The molecule has 2 fully saturated rings. The molecule has 15 heteroatoms. The fraction of sp³-hybridized carbons (Fsp3) is 0.522. The Balaban J connectivity index is 1.58. The van der Waals surface area contributed by atoms with Crippen LogP contribution in [0.25, 0.3) is 0 Å². The summed E-state index contributed by atoms with van der Waals surface area (Å²) < 4.78 is 51.3. The van der Waals surface area contributed by atoms with Gasteiger partial charge in [-0.1, -0.05) is 18.2 Å². The molecule has 0 amide bonds. The van der Waals surface area contributed by atoms with E-state index in [4.69, 9.17) is 18.5 Å². The molecule has 38 heavy (non-hydrogen) atoms. The summed E-state index contributed by atoms with van der Waals surface area (Å²) in [6.07, 6.45) is -2.08. The molecule has 0 aliphatic carbocycles. The zero-order valence-electron chi connectivity index (χ0n) is 20.9. The van der Waals surface area contributed by atoms with Gasteiger partial charge >= 0.3 is 19.4 Å². The molecule has 2 aromatic rings. The Kier molecular flexibility index (Phi) is 8.22. The number of esters is 1. The van der Waals surface area contributed by atoms with Crippen molar-refractivity contribution in [2.45, 2.75) is 62.3 Å². The zero-order chi connectivity index (χ0) is 27.7. The van der Waals surface area contributed by atoms with Gasteiger partial charge in [0.25, 0.3) is 11.4 Å². The number of H-pyrrole nitrogens is 1. The third kappa shape index (κ3) is 5.75. The van der Waals surface area contributed by atoms with Crippen LogP contribution >= 0.6 is 19.5 Å². The van der Waals surface area contributed by atoms with Gasteiger partial charge in [-0.2, -0.15) is 5.09 Å². The summed E-state index contributed by atoms with van der Waals surface area (Å²) in [7, 11) is -4.46. The molecule has 1 spiro atoms. The molecule has 6 atom stereocenters. The molecule has 208 valence electrons. The number of aromatic nitrogens is 2. The molecule has 12 nitrogen and oxygen atoms in total. The second-order valence-electron chi connectivity index (χ2n) is 9.24. The Morgan fingerprint density at radius 1 is 1.32 bits per heavy atom. The minimum Gasteiger partial charge on any atom is -0.462 e. The van der Waals surface area contributed by atoms with Crippen molar-refractivity contribution < 1.29 is 37.4 Å². The predicted octanol–water partition coefficient (Wildman–Crippen LogP) is 2.10. The summed E-state index contributed by atoms with van der Waals surface area (Å²) in [6, 6.07) is 7.80. The summed E-state index contributed by atoms with van der Waals surface area (Å²) in [5.74, 6) is -2.99. The van der Waals surface area contributed by atoms with Gasteiger partial charge in [0, 0.05) is 12.3 Å². The van der Waals surface area contributed by atoms with E-state index in [1.165, 1.54) is 30.8 Å². The average molecular weight is 574 g/mol. The number of benzene rings is 1. The number of nitrogens with zero attached hydrogens (tertiary/aromatic N) is 1. The van der Waals surface area contributed by atoms with Crippen LogP contribution in [0.1, 0.15) is 33.4 Å². The lowest BCUT2D eigenvalue weighted by Crippen LogP contribution is -2.54. The first-order chi connectivity index (χ1) is 17.9. The molecule has 1 aromatic carbocycles. The van der Waals surface area contributed by atoms with E-state index >= 15 is 4.39 Å². The van der Waals surface area contributed by atoms with Crippen molar-refractivity contribution in [3.63, 3.8) is 0 Å². The Bertz CT molecular complexity index is 1320. The Hall–Kier alpha value is -2.48. The van der Waals surface area contributed by atoms with Crippen molar-refractivity contribution in [2.24, 2.45) is 0 Å². The maximum absolute atomic E-state index is 16.2. The highest BCUT2D eigenvalue weighted by molar-refractivity contribution is 8.02. The average Bonchev–Trinajstić information content (AvgIpc) is 3.05. The van der Waals surface area contributed by atoms with Gasteiger partial charge in [0.15, 0.2) is 6.23 Å². The van der Waals surface area contributed by atoms with Gasteiger partial charge in [0.1, 0.15) is 24.5 Å². The third-order valence-electron chi connectivity index (χ3n) is 6.02. The van der Waals surface area contributed by atoms with Crippen molar-refractivity contribution in [1.82, 2.24) is 14.6 Å². The van der Waals surface area contributed by atoms with E-state index < -0.39 is 66.7 Å². The van der Waals surface area contributed by atoms with Gasteiger partial charge < -0.3 is 19.1 Å². The normalized spacial score (nSPS) is 29.0. The number of aliphatic hydroxyl groups is 1. The van der Waals surface area contributed by atoms with Gasteiger partial charge in [0.2, 0.25) is 0 Å². The molecule has 2 aliphatic rings. The first kappa shape index (κ1) is 28.5. The standard InChI is InChI=1S/C23H29FN3O9PS/c1-14(2)34-18(29)15(3)26-37(32,36-16-7-5-4-6-8-16)33-13-23(24)19(30)22(10-12-38-22)20(35-23)27-11-9-17(28)25-21(27)31/h4-9,11,14-15,19-20,30H,10,12-13H2,1-3H3,(H,26,32)(H,25,28,31)/t15?,19-,20+,22+,23+,37?/m0/s1. The first-order valence-electron chi connectivity index (χ1n) is 11.9. The molecule has 0 bridgehead atoms. The van der Waals surface area contributed by atoms with Gasteiger partial charge in [0.05, 0.1) is 10.9 Å². The highest BCUT2D eigenvalue weighted by Gasteiger charge is 2.68. The SMILES string of the molecule is CC(C)OC(=O)C(C)NP(=O)(OC[C@@]1(F)O[C@@H](n2ccc(=O)[nH]c2=O)[C@@]2(CCS2)[C@@H]1O)Oc1ccccc1. The van der Waals surface area contributed by atoms with Crippen molar-refractivity contribution >= 4 is 25.5 Å². The molecule has 2 aliphatic heterocycles. The maximum atomic E-state index is 16.2. The molecule has 1 aromatic heterocycles. The number of nitrogens with one attached hydrogen (secondary N) is 2. The second kappa shape index (κ2) is 10.9. The maximum Gasteiger partial charge on any atom is 0.459 e. The minimum atomic E-state index is -4.46. The van der Waals surface area contributed by atoms with Crippen LogP contribution in [0, 0.1) is 0 Å². The van der Waals surface area contributed by atoms with E-state index in [2.05, 4.69) is 10.1 Å². The Labute approximate surface area is 221 Å². The number of alkyl halides is 1. The number of aromatic amines is 1. The zero-order valence-corrected chi connectivity index (χ0v) is 22.6. The van der Waals surface area contributed by atoms with Crippen molar-refractivity contribution in [3.05, 3.63) is 63.4 Å². The number of thioether (sulfide) groups is 1. The number of hydrogen-bond donors (Lipinski definition) is 3. The summed E-state index contributed by atoms with van der Waals surface area (Å²) in [6.45, 7) is 3.59. The molecular weight excluding hydrogens is 544 g/mol. The third-order valence-corrected chi connectivity index (χ3v) is 9.22. The minimum absolute atomic E-state index is 0.109. The van der Waals surface area contributed by atoms with Crippen LogP contribution in [0.15, 0.2) is 52.2 Å². The fourth-order valence-corrected chi connectivity index (χ4v) is 6.94. The number of ether oxygens (including phenoxy) is 2. The smallest absolute Gasteiger partial charge is 0.459 e. The van der Waals surface area contributed by atoms with E-state index in [0.29, 0.717) is 12.2 Å². The highest BCUT2D eigenvalue weighted by atomic mass is 32.2. The number of carbonyl (C=O) groups excluding carboxylic acids is 1. The summed E-state index contributed by atoms with van der Waals surface area (Å²) >= 11 is 1.20. The molecule has 4 rings (SSSR count). The molecule has 0 radical (unpaired) electrons. The molecular formula is C23H29FN3O9PS. The molecule has 2 saturated heterocycles. The van der Waals surface area contributed by atoms with Crippen LogP contribution in [0.2, 0.25) is 0 Å². The monoisotopic (exact) mass is 573 g/mol. The lowest BCUT2D eigenvalue weighted by Gasteiger charge is -2.43. The predicted molar refractivity (Wildman–Crippen MR) is 136 cm³/mol. The lowest BCUT2D eigenvalue weighted by atomic mass is 9.93. The van der Waals surface area contributed by atoms with Crippen molar-refractivity contribution in [3.8, 4) is 5.75 Å².